The lowest BCUT2D eigenvalue weighted by Crippen LogP contribution is -2.54. The van der Waals surface area contributed by atoms with E-state index < -0.39 is 12.2 Å². The van der Waals surface area contributed by atoms with Gasteiger partial charge in [-0.3, -0.25) is 23.6 Å². The summed E-state index contributed by atoms with van der Waals surface area (Å²) in [7, 11) is 11.6. The number of aromatic nitrogens is 20. The second kappa shape index (κ2) is 39.9. The van der Waals surface area contributed by atoms with Gasteiger partial charge in [0.05, 0.1) is 102 Å². The predicted molar refractivity (Wildman–Crippen MR) is 529 cm³/mol. The first kappa shape index (κ1) is 91.8. The van der Waals surface area contributed by atoms with Gasteiger partial charge in [-0.15, -0.1) is 20.4 Å². The van der Waals surface area contributed by atoms with E-state index in [0.717, 1.165) is 198 Å². The fraction of sp³-hybridized carbons (Fsp3) is 0.400. The summed E-state index contributed by atoms with van der Waals surface area (Å²) < 4.78 is 19.8. The molecule has 17 heterocycles. The van der Waals surface area contributed by atoms with Gasteiger partial charge in [0.1, 0.15) is 0 Å². The molecule has 21 rings (SSSR count). The molecule has 2 atom stereocenters. The Labute approximate surface area is 786 Å². The van der Waals surface area contributed by atoms with Gasteiger partial charge in [-0.05, 0) is 164 Å². The molecule has 0 spiro atoms. The van der Waals surface area contributed by atoms with E-state index in [2.05, 4.69) is 240 Å². The van der Waals surface area contributed by atoms with Crippen LogP contribution < -0.4 is 46.6 Å². The van der Waals surface area contributed by atoms with Crippen molar-refractivity contribution in [3.05, 3.63) is 264 Å². The van der Waals surface area contributed by atoms with Gasteiger partial charge >= 0.3 is 0 Å². The molecule has 135 heavy (non-hydrogen) atoms. The molecule has 9 N–H and O–H groups in total. The van der Waals surface area contributed by atoms with Crippen LogP contribution in [0.5, 0.6) is 0 Å². The highest BCUT2D eigenvalue weighted by Gasteiger charge is 2.46. The van der Waals surface area contributed by atoms with Gasteiger partial charge < -0.3 is 71.6 Å². The van der Waals surface area contributed by atoms with Crippen LogP contribution in [-0.2, 0) is 54.6 Å². The van der Waals surface area contributed by atoms with E-state index in [9.17, 15) is 15.3 Å². The number of benzene rings is 4. The fourth-order valence-corrected chi connectivity index (χ4v) is 20.0. The number of nitrogens with zero attached hydrogens (tertiary/aromatic N) is 26. The first-order valence-electron chi connectivity index (χ1n) is 46.8. The maximum absolute atomic E-state index is 11.7. The molecule has 5 fully saturated rings. The standard InChI is InChI=1S/C28H36N8O2.C26H34N8O.C23H28N8.C23H27N7O/c1-21-5-7-22(8-6-21)28(25(37)20-34-14-16-38-17-15-34)9-12-35(13-10-28)24-4-3-11-36-26(24)31-27(32-36)30-23-18-29-33(2)19-23;1-19-7-9-20(10-8-19)26(23(35)18-31(2)3)11-14-33(15-12-26)22-6-5-13-34-24(22)29-25(30-34)28-21-16-27-32(4)17-21;1-17-5-7-18(8-6-17)23(16-24)9-12-30(13-10-23)20-4-3-11-31-21(20)27-22(28-31)26-19-14-25-29(2)15-19;1-17-5-7-18(8-6-17)23(16-31)9-12-29(13-10-23)20-4-3-11-30-21(20)26-22(27-30)25-19-14-24-28(2)15-19/h3-8,11,18-19,25,37H,9-10,12-17,20H2,1-2H3,(H,30,32);5-10,13,16-17,23,35H,11-12,14-15,18H2,1-4H3,(H,28,30);3-8,11,14-15H,9-10,12-13,16,24H2,1-2H3,(H,26,28);3-8,11,14-15,31H,9-10,12-13,16H2,1-2H3,(H,25,27). The Morgan fingerprint density at radius 3 is 0.941 bits per heavy atom. The van der Waals surface area contributed by atoms with Gasteiger partial charge in [0.25, 0.3) is 0 Å². The lowest BCUT2D eigenvalue weighted by Gasteiger charge is -2.47. The number of piperidine rings is 4. The number of aliphatic hydroxyl groups excluding tert-OH is 3. The largest absolute Gasteiger partial charge is 0.395 e. The number of rotatable bonds is 24. The molecule has 0 aliphatic carbocycles. The van der Waals surface area contributed by atoms with Crippen molar-refractivity contribution in [3.63, 3.8) is 0 Å². The molecule has 5 saturated heterocycles. The van der Waals surface area contributed by atoms with Crippen LogP contribution in [0.15, 0.2) is 220 Å². The first-order chi connectivity index (χ1) is 65.5. The summed E-state index contributed by atoms with van der Waals surface area (Å²) in [5.74, 6) is 2.19. The van der Waals surface area contributed by atoms with E-state index in [1.54, 1.807) is 43.5 Å². The highest BCUT2D eigenvalue weighted by atomic mass is 16.5. The summed E-state index contributed by atoms with van der Waals surface area (Å²) >= 11 is 0. The summed E-state index contributed by atoms with van der Waals surface area (Å²) in [4.78, 5) is 33.0. The molecule has 4 aromatic carbocycles. The third-order valence-electron chi connectivity index (χ3n) is 27.9. The summed E-state index contributed by atoms with van der Waals surface area (Å²) in [6, 6.07) is 51.4. The van der Waals surface area contributed by atoms with Crippen LogP contribution >= 0.6 is 0 Å². The Kier molecular flexibility index (Phi) is 27.1. The number of hydrogen-bond donors (Lipinski definition) is 8. The second-order valence-corrected chi connectivity index (χ2v) is 37.4. The van der Waals surface area contributed by atoms with Crippen LogP contribution in [0.25, 0.3) is 22.6 Å². The van der Waals surface area contributed by atoms with Crippen molar-refractivity contribution in [1.29, 1.82) is 0 Å². The highest BCUT2D eigenvalue weighted by molar-refractivity contribution is 5.75. The monoisotopic (exact) mass is 1820 g/mol. The molecule has 704 valence electrons. The zero-order valence-corrected chi connectivity index (χ0v) is 78.9. The molecule has 16 aromatic rings. The summed E-state index contributed by atoms with van der Waals surface area (Å²) in [6.45, 7) is 20.7. The number of pyridine rings is 4. The Balaban J connectivity index is 0.000000121. The summed E-state index contributed by atoms with van der Waals surface area (Å²) in [5, 5.41) is 81.5. The lowest BCUT2D eigenvalue weighted by atomic mass is 9.68. The molecule has 5 aliphatic rings. The van der Waals surface area contributed by atoms with Crippen LogP contribution in [0.4, 0.5) is 69.3 Å². The van der Waals surface area contributed by atoms with Gasteiger partial charge in [0.15, 0.2) is 22.6 Å². The molecule has 12 aromatic heterocycles. The number of ether oxygens (including phenoxy) is 1. The van der Waals surface area contributed by atoms with Crippen molar-refractivity contribution in [2.24, 2.45) is 33.9 Å². The van der Waals surface area contributed by atoms with Crippen molar-refractivity contribution in [3.8, 4) is 0 Å². The maximum atomic E-state index is 11.7. The molecular formula is C100H125N31O4. The molecule has 0 radical (unpaired) electrons. The minimum absolute atomic E-state index is 0.0377. The van der Waals surface area contributed by atoms with Gasteiger partial charge in [-0.2, -0.15) is 40.3 Å². The van der Waals surface area contributed by atoms with Gasteiger partial charge in [-0.1, -0.05) is 119 Å². The Morgan fingerprint density at radius 2 is 0.659 bits per heavy atom. The SMILES string of the molecule is Cc1ccc(C2(C(O)CN(C)C)CCN(c3cccn4nc(Nc5cnn(C)c5)nc34)CC2)cc1.Cc1ccc(C2(C(O)CN3CCOCC3)CCN(c3cccn4nc(Nc5cnn(C)c5)nc34)CC2)cc1.Cc1ccc(C2(CN)CCN(c3cccn4nc(Nc5cnn(C)c5)nc34)CC2)cc1.Cc1ccc(C2(CO)CCN(c3cccn4nc(Nc5cnn(C)c5)nc34)CC2)cc1. The predicted octanol–water partition coefficient (Wildman–Crippen LogP) is 11.8. The van der Waals surface area contributed by atoms with Crippen molar-refractivity contribution in [2.75, 3.05) is 160 Å². The number of nitrogens with one attached hydrogen (secondary N) is 4. The number of anilines is 12. The molecule has 35 heteroatoms. The third kappa shape index (κ3) is 20.3. The van der Waals surface area contributed by atoms with Crippen LogP contribution in [0.1, 0.15) is 95.9 Å². The average molecular weight is 1830 g/mol. The minimum Gasteiger partial charge on any atom is -0.395 e. The fourth-order valence-electron chi connectivity index (χ4n) is 20.0. The zero-order valence-electron chi connectivity index (χ0n) is 78.9. The summed E-state index contributed by atoms with van der Waals surface area (Å²) in [5.41, 5.74) is 26.6. The lowest BCUT2D eigenvalue weighted by molar-refractivity contribution is -0.0128. The van der Waals surface area contributed by atoms with E-state index in [1.807, 2.05) is 134 Å². The Bertz CT molecular complexity index is 6420. The number of likely N-dealkylation sites (N-methyl/N-ethyl adjacent to an activating group) is 1. The van der Waals surface area contributed by atoms with Crippen molar-refractivity contribution >= 4 is 91.9 Å². The maximum Gasteiger partial charge on any atom is 0.247 e. The number of fused-ring (bicyclic) bond motifs is 4. The van der Waals surface area contributed by atoms with E-state index in [1.165, 1.54) is 44.5 Å². The number of aliphatic hydroxyl groups is 3. The number of morpholine rings is 1. The second-order valence-electron chi connectivity index (χ2n) is 37.4. The molecule has 0 amide bonds. The smallest absolute Gasteiger partial charge is 0.247 e. The molecule has 5 aliphatic heterocycles. The van der Waals surface area contributed by atoms with Gasteiger partial charge in [0.2, 0.25) is 23.8 Å². The molecule has 0 saturated carbocycles. The summed E-state index contributed by atoms with van der Waals surface area (Å²) in [6.07, 6.45) is 28.6. The molecule has 35 nitrogen and oxygen atoms in total. The number of aryl methyl sites for hydroxylation is 8. The first-order valence-corrected chi connectivity index (χ1v) is 46.8. The van der Waals surface area contributed by atoms with E-state index >= 15 is 0 Å². The van der Waals surface area contributed by atoms with Crippen molar-refractivity contribution in [2.45, 2.75) is 113 Å². The van der Waals surface area contributed by atoms with Crippen LogP contribution in [0.2, 0.25) is 0 Å². The van der Waals surface area contributed by atoms with E-state index in [4.69, 9.17) is 30.4 Å². The minimum atomic E-state index is -0.454. The number of nitrogens with two attached hydrogens (primary N) is 1. The third-order valence-corrected chi connectivity index (χ3v) is 27.9. The zero-order chi connectivity index (χ0) is 93.5. The van der Waals surface area contributed by atoms with E-state index in [0.29, 0.717) is 43.4 Å². The van der Waals surface area contributed by atoms with Gasteiger partial charge in [0, 0.05) is 185 Å². The Morgan fingerprint density at radius 1 is 0.378 bits per heavy atom. The molecular weight excluding hydrogens is 1700 g/mol. The van der Waals surface area contributed by atoms with Crippen LogP contribution in [-0.4, -0.2) is 254 Å². The number of hydrogen-bond acceptors (Lipinski definition) is 27. The van der Waals surface area contributed by atoms with Crippen molar-refractivity contribution in [1.82, 2.24) is 107 Å². The van der Waals surface area contributed by atoms with Crippen molar-refractivity contribution < 1.29 is 20.1 Å². The number of β-amino-alcohol motifs (C(OH)–C–C–N with tert-alkyl or cyclic N) is 1. The molecule has 2 unspecified atom stereocenters. The van der Waals surface area contributed by atoms with Crippen LogP contribution in [0, 0.1) is 27.7 Å². The highest BCUT2D eigenvalue weighted by Crippen LogP contribution is 2.45. The topological polar surface area (TPSA) is 356 Å². The van der Waals surface area contributed by atoms with E-state index in [-0.39, 0.29) is 28.3 Å². The quantitative estimate of drug-likeness (QED) is 0.0278. The normalized spacial score (nSPS) is 17.1. The molecule has 0 bridgehead atoms. The van der Waals surface area contributed by atoms with Crippen LogP contribution in [0.3, 0.4) is 0 Å². The Hall–Kier alpha value is -13.7. The average Bonchev–Trinajstić information content (AvgIpc) is 1.76. The van der Waals surface area contributed by atoms with Gasteiger partial charge in [-0.25, -0.2) is 18.1 Å².